The summed E-state index contributed by atoms with van der Waals surface area (Å²) in [5.41, 5.74) is 1.31. The molecule has 0 aliphatic carbocycles. The van der Waals surface area contributed by atoms with E-state index in [1.54, 1.807) is 13.2 Å². The van der Waals surface area contributed by atoms with Crippen LogP contribution in [0, 0.1) is 0 Å². The fraction of sp³-hybridized carbons (Fsp3) is 0.214. The van der Waals surface area contributed by atoms with Crippen molar-refractivity contribution >= 4 is 11.9 Å². The number of nitrogens with one attached hydrogen (secondary N) is 1. The molecule has 0 spiro atoms. The summed E-state index contributed by atoms with van der Waals surface area (Å²) in [4.78, 5) is 23.2. The number of nitrogens with zero attached hydrogens (tertiary/aromatic N) is 2. The highest BCUT2D eigenvalue weighted by Crippen LogP contribution is 2.00. The average Bonchev–Trinajstić information content (AvgIpc) is 2.90. The third-order valence-electron chi connectivity index (χ3n) is 2.60. The first kappa shape index (κ1) is 13.8. The van der Waals surface area contributed by atoms with E-state index in [9.17, 15) is 9.59 Å². The predicted molar refractivity (Wildman–Crippen MR) is 71.8 cm³/mol. The lowest BCUT2D eigenvalue weighted by atomic mass is 10.2. The zero-order chi connectivity index (χ0) is 14.4. The van der Waals surface area contributed by atoms with Crippen LogP contribution in [0.4, 0.5) is 0 Å². The highest BCUT2D eigenvalue weighted by Gasteiger charge is 2.10. The van der Waals surface area contributed by atoms with Crippen LogP contribution >= 0.6 is 0 Å². The lowest BCUT2D eigenvalue weighted by Gasteiger charge is -2.05. The molecule has 6 heteroatoms. The van der Waals surface area contributed by atoms with Gasteiger partial charge in [-0.1, -0.05) is 30.3 Å². The first-order chi connectivity index (χ1) is 9.65. The smallest absolute Gasteiger partial charge is 0.325 e. The minimum Gasteiger partial charge on any atom is -0.460 e. The van der Waals surface area contributed by atoms with Crippen LogP contribution in [0.15, 0.2) is 42.7 Å². The monoisotopic (exact) mass is 273 g/mol. The molecule has 0 radical (unpaired) electrons. The predicted octanol–water partition coefficient (Wildman–Crippen LogP) is 0.893. The van der Waals surface area contributed by atoms with E-state index in [-0.39, 0.29) is 19.1 Å². The lowest BCUT2D eigenvalue weighted by molar-refractivity contribution is -0.143. The molecule has 1 amide bonds. The highest BCUT2D eigenvalue weighted by atomic mass is 16.5. The van der Waals surface area contributed by atoms with E-state index in [4.69, 9.17) is 4.74 Å². The van der Waals surface area contributed by atoms with E-state index in [1.165, 1.54) is 10.9 Å². The third-order valence-corrected chi connectivity index (χ3v) is 2.60. The van der Waals surface area contributed by atoms with Crippen LogP contribution in [-0.4, -0.2) is 28.2 Å². The number of carbonyl (C=O) groups is 2. The van der Waals surface area contributed by atoms with Gasteiger partial charge in [0.2, 0.25) is 0 Å². The zero-order valence-electron chi connectivity index (χ0n) is 11.1. The fourth-order valence-electron chi connectivity index (χ4n) is 1.58. The third kappa shape index (κ3) is 3.94. The molecule has 0 aliphatic rings. The topological polar surface area (TPSA) is 73.2 Å². The van der Waals surface area contributed by atoms with E-state index < -0.39 is 5.97 Å². The Morgan fingerprint density at radius 2 is 2.05 bits per heavy atom. The molecule has 0 saturated carbocycles. The van der Waals surface area contributed by atoms with Gasteiger partial charge in [-0.05, 0) is 5.56 Å². The SMILES string of the molecule is Cn1cc(C(=O)NCC(=O)OCc2ccccc2)cn1. The van der Waals surface area contributed by atoms with Gasteiger partial charge in [0.15, 0.2) is 0 Å². The number of aromatic nitrogens is 2. The molecular weight excluding hydrogens is 258 g/mol. The quantitative estimate of drug-likeness (QED) is 0.821. The summed E-state index contributed by atoms with van der Waals surface area (Å²) in [6, 6.07) is 9.35. The minimum absolute atomic E-state index is 0.166. The summed E-state index contributed by atoms with van der Waals surface area (Å²) in [5, 5.41) is 6.36. The minimum atomic E-state index is -0.480. The molecule has 20 heavy (non-hydrogen) atoms. The van der Waals surface area contributed by atoms with Gasteiger partial charge in [-0.3, -0.25) is 14.3 Å². The van der Waals surface area contributed by atoms with Gasteiger partial charge in [-0.25, -0.2) is 0 Å². The van der Waals surface area contributed by atoms with Gasteiger partial charge < -0.3 is 10.1 Å². The van der Waals surface area contributed by atoms with E-state index in [0.29, 0.717) is 5.56 Å². The van der Waals surface area contributed by atoms with Crippen molar-refractivity contribution in [2.45, 2.75) is 6.61 Å². The number of hydrogen-bond donors (Lipinski definition) is 1. The van der Waals surface area contributed by atoms with Crippen LogP contribution in [-0.2, 0) is 23.2 Å². The molecule has 6 nitrogen and oxygen atoms in total. The lowest BCUT2D eigenvalue weighted by Crippen LogP contribution is -2.30. The summed E-state index contributed by atoms with van der Waals surface area (Å²) in [6.45, 7) is 0.0308. The molecule has 104 valence electrons. The van der Waals surface area contributed by atoms with Crippen molar-refractivity contribution in [1.29, 1.82) is 0 Å². The van der Waals surface area contributed by atoms with Crippen molar-refractivity contribution in [1.82, 2.24) is 15.1 Å². The molecule has 1 heterocycles. The molecule has 2 aromatic rings. The number of benzene rings is 1. The zero-order valence-corrected chi connectivity index (χ0v) is 11.1. The van der Waals surface area contributed by atoms with Crippen LogP contribution in [0.25, 0.3) is 0 Å². The normalized spacial score (nSPS) is 10.1. The largest absolute Gasteiger partial charge is 0.460 e. The maximum Gasteiger partial charge on any atom is 0.325 e. The number of rotatable bonds is 5. The number of amides is 1. The number of aryl methyl sites for hydroxylation is 1. The molecule has 0 fully saturated rings. The van der Waals surface area contributed by atoms with Crippen LogP contribution in [0.1, 0.15) is 15.9 Å². The maximum absolute atomic E-state index is 11.7. The molecule has 0 bridgehead atoms. The Morgan fingerprint density at radius 3 is 2.70 bits per heavy atom. The van der Waals surface area contributed by atoms with Crippen molar-refractivity contribution in [3.05, 3.63) is 53.9 Å². The van der Waals surface area contributed by atoms with Crippen molar-refractivity contribution in [3.63, 3.8) is 0 Å². The molecular formula is C14H15N3O3. The Kier molecular flexibility index (Phi) is 4.49. The summed E-state index contributed by atoms with van der Waals surface area (Å²) in [7, 11) is 1.71. The Bertz CT molecular complexity index is 593. The second-order valence-electron chi connectivity index (χ2n) is 4.23. The van der Waals surface area contributed by atoms with Crippen molar-refractivity contribution in [3.8, 4) is 0 Å². The van der Waals surface area contributed by atoms with Crippen LogP contribution in [0.5, 0.6) is 0 Å². The van der Waals surface area contributed by atoms with E-state index in [2.05, 4.69) is 10.4 Å². The van der Waals surface area contributed by atoms with Gasteiger partial charge in [0.25, 0.3) is 5.91 Å². The van der Waals surface area contributed by atoms with Crippen molar-refractivity contribution in [2.24, 2.45) is 7.05 Å². The summed E-state index contributed by atoms with van der Waals surface area (Å²) < 4.78 is 6.56. The number of hydrogen-bond acceptors (Lipinski definition) is 4. The Morgan fingerprint density at radius 1 is 1.30 bits per heavy atom. The number of ether oxygens (including phenoxy) is 1. The molecule has 1 aromatic heterocycles. The molecule has 1 aromatic carbocycles. The number of carbonyl (C=O) groups excluding carboxylic acids is 2. The first-order valence-corrected chi connectivity index (χ1v) is 6.11. The first-order valence-electron chi connectivity index (χ1n) is 6.11. The fourth-order valence-corrected chi connectivity index (χ4v) is 1.58. The van der Waals surface area contributed by atoms with Gasteiger partial charge in [0.1, 0.15) is 13.2 Å². The molecule has 2 rings (SSSR count). The average molecular weight is 273 g/mol. The molecule has 0 unspecified atom stereocenters. The van der Waals surface area contributed by atoms with Crippen molar-refractivity contribution < 1.29 is 14.3 Å². The number of esters is 1. The van der Waals surface area contributed by atoms with Gasteiger partial charge in [-0.2, -0.15) is 5.10 Å². The maximum atomic E-state index is 11.7. The van der Waals surface area contributed by atoms with Gasteiger partial charge in [-0.15, -0.1) is 0 Å². The molecule has 0 aliphatic heterocycles. The highest BCUT2D eigenvalue weighted by molar-refractivity contribution is 5.95. The summed E-state index contributed by atoms with van der Waals surface area (Å²) in [5.74, 6) is -0.833. The van der Waals surface area contributed by atoms with Gasteiger partial charge in [0, 0.05) is 13.2 Å². The second-order valence-corrected chi connectivity index (χ2v) is 4.23. The summed E-state index contributed by atoms with van der Waals surface area (Å²) in [6.07, 6.45) is 3.01. The van der Waals surface area contributed by atoms with Crippen molar-refractivity contribution in [2.75, 3.05) is 6.54 Å². The molecule has 0 atom stereocenters. The van der Waals surface area contributed by atoms with Gasteiger partial charge in [0.05, 0.1) is 11.8 Å². The second kappa shape index (κ2) is 6.51. The molecule has 0 saturated heterocycles. The Balaban J connectivity index is 1.74. The summed E-state index contributed by atoms with van der Waals surface area (Å²) >= 11 is 0. The van der Waals surface area contributed by atoms with E-state index in [1.807, 2.05) is 30.3 Å². The van der Waals surface area contributed by atoms with Crippen LogP contribution in [0.2, 0.25) is 0 Å². The standard InChI is InChI=1S/C14H15N3O3/c1-17-9-12(7-16-17)14(19)15-8-13(18)20-10-11-5-3-2-4-6-11/h2-7,9H,8,10H2,1H3,(H,15,19). The van der Waals surface area contributed by atoms with E-state index >= 15 is 0 Å². The van der Waals surface area contributed by atoms with Crippen LogP contribution < -0.4 is 5.32 Å². The molecule has 1 N–H and O–H groups in total. The Labute approximate surface area is 116 Å². The van der Waals surface area contributed by atoms with E-state index in [0.717, 1.165) is 5.56 Å². The van der Waals surface area contributed by atoms with Gasteiger partial charge >= 0.3 is 5.97 Å². The van der Waals surface area contributed by atoms with Crippen LogP contribution in [0.3, 0.4) is 0 Å². The Hall–Kier alpha value is -2.63.